The van der Waals surface area contributed by atoms with Gasteiger partial charge in [0.2, 0.25) is 0 Å². The molecule has 4 rings (SSSR count). The van der Waals surface area contributed by atoms with E-state index in [0.29, 0.717) is 27.3 Å². The number of fused-ring (bicyclic) bond motifs is 1. The summed E-state index contributed by atoms with van der Waals surface area (Å²) in [5.41, 5.74) is 0.481. The Morgan fingerprint density at radius 1 is 1.29 bits per heavy atom. The van der Waals surface area contributed by atoms with E-state index in [1.807, 2.05) is 13.0 Å². The Bertz CT molecular complexity index is 1250. The molecular weight excluding hydrogens is 380 g/mol. The van der Waals surface area contributed by atoms with Gasteiger partial charge in [0.15, 0.2) is 0 Å². The van der Waals surface area contributed by atoms with Gasteiger partial charge in [0.1, 0.15) is 22.7 Å². The van der Waals surface area contributed by atoms with Crippen molar-refractivity contribution in [1.82, 2.24) is 9.66 Å². The van der Waals surface area contributed by atoms with Gasteiger partial charge in [-0.15, -0.1) is 11.3 Å². The summed E-state index contributed by atoms with van der Waals surface area (Å²) in [6.07, 6.45) is 3.66. The van der Waals surface area contributed by atoms with Crippen LogP contribution in [0.5, 0.6) is 0 Å². The number of benzene rings is 1. The summed E-state index contributed by atoms with van der Waals surface area (Å²) in [5.74, 6) is 0.989. The van der Waals surface area contributed by atoms with E-state index in [0.717, 1.165) is 11.3 Å². The predicted molar refractivity (Wildman–Crippen MR) is 107 cm³/mol. The highest BCUT2D eigenvalue weighted by Crippen LogP contribution is 2.24. The minimum Gasteiger partial charge on any atom is -0.455 e. The van der Waals surface area contributed by atoms with Crippen LogP contribution in [-0.4, -0.2) is 20.8 Å². The molecule has 0 atom stereocenters. The second kappa shape index (κ2) is 7.20. The molecule has 0 saturated carbocycles. The zero-order valence-corrected chi connectivity index (χ0v) is 15.5. The predicted octanol–water partition coefficient (Wildman–Crippen LogP) is 4.07. The molecule has 8 nitrogen and oxygen atoms in total. The number of non-ortho nitro benzene ring substituents is 1. The molecule has 4 aromatic rings. The monoisotopic (exact) mass is 394 g/mol. The molecule has 0 N–H and O–H groups in total. The van der Waals surface area contributed by atoms with Crippen molar-refractivity contribution in [3.8, 4) is 11.3 Å². The molecule has 0 radical (unpaired) electrons. The molecular formula is C19H14N4O4S. The lowest BCUT2D eigenvalue weighted by atomic mass is 10.1. The van der Waals surface area contributed by atoms with Crippen molar-refractivity contribution in [2.75, 3.05) is 0 Å². The maximum absolute atomic E-state index is 12.5. The molecule has 0 aliphatic rings. The number of aryl methyl sites for hydroxylation is 1. The van der Waals surface area contributed by atoms with Gasteiger partial charge in [-0.3, -0.25) is 14.9 Å². The second-order valence-corrected chi connectivity index (χ2v) is 7.05. The number of furan rings is 1. The molecule has 0 bridgehead atoms. The molecule has 0 aliphatic carbocycles. The lowest BCUT2D eigenvalue weighted by molar-refractivity contribution is -0.384. The van der Waals surface area contributed by atoms with Crippen LogP contribution < -0.4 is 5.56 Å². The van der Waals surface area contributed by atoms with E-state index >= 15 is 0 Å². The summed E-state index contributed by atoms with van der Waals surface area (Å²) >= 11 is 1.50. The first-order valence-electron chi connectivity index (χ1n) is 8.44. The maximum Gasteiger partial charge on any atom is 0.282 e. The largest absolute Gasteiger partial charge is 0.455 e. The van der Waals surface area contributed by atoms with Gasteiger partial charge in [-0.1, -0.05) is 6.92 Å². The van der Waals surface area contributed by atoms with Gasteiger partial charge in [0.05, 0.1) is 16.5 Å². The number of aromatic nitrogens is 2. The minimum absolute atomic E-state index is 0.0130. The van der Waals surface area contributed by atoms with Crippen LogP contribution in [0.25, 0.3) is 21.5 Å². The van der Waals surface area contributed by atoms with Crippen molar-refractivity contribution in [1.29, 1.82) is 0 Å². The molecule has 140 valence electrons. The molecule has 0 aliphatic heterocycles. The first-order chi connectivity index (χ1) is 13.5. The van der Waals surface area contributed by atoms with Gasteiger partial charge in [-0.2, -0.15) is 9.78 Å². The Morgan fingerprint density at radius 2 is 2.07 bits per heavy atom. The summed E-state index contributed by atoms with van der Waals surface area (Å²) in [4.78, 5) is 28.9. The van der Waals surface area contributed by atoms with Crippen molar-refractivity contribution in [2.24, 2.45) is 5.10 Å². The Labute approximate surface area is 162 Å². The number of nitro benzene ring substituents is 1. The Hall–Kier alpha value is -3.59. The molecule has 3 aromatic heterocycles. The Kier molecular flexibility index (Phi) is 4.58. The topological polar surface area (TPSA) is 104 Å². The third-order valence-electron chi connectivity index (χ3n) is 4.13. The van der Waals surface area contributed by atoms with Gasteiger partial charge in [0, 0.05) is 22.6 Å². The van der Waals surface area contributed by atoms with Crippen molar-refractivity contribution >= 4 is 33.5 Å². The van der Waals surface area contributed by atoms with E-state index in [-0.39, 0.29) is 11.2 Å². The van der Waals surface area contributed by atoms with Gasteiger partial charge >= 0.3 is 0 Å². The fourth-order valence-electron chi connectivity index (χ4n) is 2.66. The van der Waals surface area contributed by atoms with Crippen molar-refractivity contribution in [2.45, 2.75) is 13.3 Å². The van der Waals surface area contributed by atoms with Crippen molar-refractivity contribution in [3.05, 3.63) is 79.9 Å². The summed E-state index contributed by atoms with van der Waals surface area (Å²) in [6, 6.07) is 11.3. The zero-order chi connectivity index (χ0) is 19.7. The summed E-state index contributed by atoms with van der Waals surface area (Å²) in [7, 11) is 0. The minimum atomic E-state index is -0.455. The number of nitrogens with zero attached hydrogens (tertiary/aromatic N) is 4. The average Bonchev–Trinajstić information content (AvgIpc) is 3.35. The summed E-state index contributed by atoms with van der Waals surface area (Å²) in [6.45, 7) is 2.03. The smallest absolute Gasteiger partial charge is 0.282 e. The maximum atomic E-state index is 12.5. The fourth-order valence-corrected chi connectivity index (χ4v) is 3.59. The molecule has 28 heavy (non-hydrogen) atoms. The highest BCUT2D eigenvalue weighted by molar-refractivity contribution is 7.18. The van der Waals surface area contributed by atoms with E-state index in [1.54, 1.807) is 24.3 Å². The number of thiophene rings is 1. The van der Waals surface area contributed by atoms with Crippen molar-refractivity contribution < 1.29 is 9.34 Å². The summed E-state index contributed by atoms with van der Waals surface area (Å²) in [5, 5.41) is 15.4. The molecule has 0 unspecified atom stereocenters. The van der Waals surface area contributed by atoms with Gasteiger partial charge in [0.25, 0.3) is 11.2 Å². The molecule has 9 heteroatoms. The molecule has 0 spiro atoms. The molecule has 1 aromatic carbocycles. The van der Waals surface area contributed by atoms with Crippen LogP contribution in [0.1, 0.15) is 17.6 Å². The third-order valence-corrected chi connectivity index (χ3v) is 5.32. The number of hydrogen-bond acceptors (Lipinski definition) is 7. The third kappa shape index (κ3) is 3.35. The lowest BCUT2D eigenvalue weighted by Crippen LogP contribution is -2.16. The van der Waals surface area contributed by atoms with Gasteiger partial charge < -0.3 is 4.42 Å². The van der Waals surface area contributed by atoms with E-state index in [9.17, 15) is 14.9 Å². The van der Waals surface area contributed by atoms with Crippen LogP contribution >= 0.6 is 11.3 Å². The second-order valence-electron chi connectivity index (χ2n) is 5.93. The number of nitro groups is 1. The van der Waals surface area contributed by atoms with Crippen LogP contribution in [0.2, 0.25) is 0 Å². The Morgan fingerprint density at radius 3 is 2.79 bits per heavy atom. The van der Waals surface area contributed by atoms with Crippen LogP contribution in [0.15, 0.2) is 63.1 Å². The lowest BCUT2D eigenvalue weighted by Gasteiger charge is -1.97. The molecule has 0 fully saturated rings. The zero-order valence-electron chi connectivity index (χ0n) is 14.7. The SMILES string of the molecule is CCc1cc2c(=O)n(/N=C\c3ccc(-c4ccc([N+](=O)[O-])cc4)o3)cnc2s1. The summed E-state index contributed by atoms with van der Waals surface area (Å²) < 4.78 is 6.86. The standard InChI is InChI=1S/C19H14N4O4S/c1-2-15-9-16-18(28-15)20-11-22(19(16)24)21-10-14-7-8-17(27-14)12-3-5-13(6-4-12)23(25)26/h3-11H,2H2,1H3/b21-10-. The first-order valence-corrected chi connectivity index (χ1v) is 9.26. The van der Waals surface area contributed by atoms with E-state index < -0.39 is 4.92 Å². The van der Waals surface area contributed by atoms with Crippen molar-refractivity contribution in [3.63, 3.8) is 0 Å². The van der Waals surface area contributed by atoms with Crippen LogP contribution in [0, 0.1) is 10.1 Å². The normalized spacial score (nSPS) is 11.5. The molecule has 0 saturated heterocycles. The highest BCUT2D eigenvalue weighted by Gasteiger charge is 2.09. The highest BCUT2D eigenvalue weighted by atomic mass is 32.1. The van der Waals surface area contributed by atoms with E-state index in [2.05, 4.69) is 10.1 Å². The van der Waals surface area contributed by atoms with Gasteiger partial charge in [-0.05, 0) is 36.8 Å². The first kappa shape index (κ1) is 17.8. The van der Waals surface area contributed by atoms with E-state index in [4.69, 9.17) is 4.42 Å². The Balaban J connectivity index is 1.59. The molecule has 3 heterocycles. The van der Waals surface area contributed by atoms with Crippen LogP contribution in [-0.2, 0) is 6.42 Å². The fraction of sp³-hybridized carbons (Fsp3) is 0.105. The number of hydrogen-bond donors (Lipinski definition) is 0. The van der Waals surface area contributed by atoms with Gasteiger partial charge in [-0.25, -0.2) is 4.98 Å². The van der Waals surface area contributed by atoms with Crippen LogP contribution in [0.4, 0.5) is 5.69 Å². The van der Waals surface area contributed by atoms with Crippen LogP contribution in [0.3, 0.4) is 0 Å². The molecule has 0 amide bonds. The number of rotatable bonds is 5. The van der Waals surface area contributed by atoms with E-state index in [1.165, 1.54) is 40.7 Å². The quantitative estimate of drug-likeness (QED) is 0.288. The average molecular weight is 394 g/mol.